The Morgan fingerprint density at radius 2 is 1.60 bits per heavy atom. The lowest BCUT2D eigenvalue weighted by Crippen LogP contribution is -2.41. The average Bonchev–Trinajstić information content (AvgIpc) is 2.99. The van der Waals surface area contributed by atoms with Crippen LogP contribution in [-0.2, 0) is 26.0 Å². The van der Waals surface area contributed by atoms with Crippen molar-refractivity contribution in [2.24, 2.45) is 0 Å². The van der Waals surface area contributed by atoms with Gasteiger partial charge in [-0.15, -0.1) is 6.58 Å². The van der Waals surface area contributed by atoms with Gasteiger partial charge in [0.15, 0.2) is 35.7 Å². The molecule has 5 nitrogen and oxygen atoms in total. The summed E-state index contributed by atoms with van der Waals surface area (Å²) in [4.78, 5) is 0. The zero-order chi connectivity index (χ0) is 28.1. The smallest absolute Gasteiger partial charge is 0.220 e. The first-order chi connectivity index (χ1) is 19.6. The van der Waals surface area contributed by atoms with Gasteiger partial charge in [-0.05, 0) is 67.1 Å². The van der Waals surface area contributed by atoms with E-state index in [1.54, 1.807) is 33.5 Å². The second-order valence-corrected chi connectivity index (χ2v) is 10.1. The second kappa shape index (κ2) is 12.4. The van der Waals surface area contributed by atoms with Crippen molar-refractivity contribution in [2.75, 3.05) is 21.3 Å². The van der Waals surface area contributed by atoms with Crippen LogP contribution in [0.2, 0.25) is 0 Å². The molecule has 0 unspecified atom stereocenters. The molecule has 1 aromatic heterocycles. The minimum absolute atomic E-state index is 0.264. The van der Waals surface area contributed by atoms with Gasteiger partial charge >= 0.3 is 0 Å². The maximum atomic E-state index is 13.5. The van der Waals surface area contributed by atoms with Gasteiger partial charge in [-0.25, -0.2) is 4.39 Å². The van der Waals surface area contributed by atoms with Gasteiger partial charge in [0, 0.05) is 17.4 Å². The Kier molecular flexibility index (Phi) is 8.54. The largest absolute Gasteiger partial charge is 0.493 e. The van der Waals surface area contributed by atoms with Gasteiger partial charge in [-0.2, -0.15) is 4.57 Å². The van der Waals surface area contributed by atoms with E-state index in [2.05, 4.69) is 29.5 Å². The van der Waals surface area contributed by atoms with Crippen LogP contribution in [0.1, 0.15) is 42.4 Å². The summed E-state index contributed by atoms with van der Waals surface area (Å²) in [5.74, 6) is 2.59. The van der Waals surface area contributed by atoms with E-state index in [0.717, 1.165) is 78.4 Å². The molecule has 1 aliphatic heterocycles. The molecule has 5 rings (SSSR count). The number of hydrogen-bond acceptors (Lipinski definition) is 4. The lowest BCUT2D eigenvalue weighted by Gasteiger charge is -2.24. The summed E-state index contributed by atoms with van der Waals surface area (Å²) >= 11 is 0. The highest BCUT2D eigenvalue weighted by molar-refractivity contribution is 5.95. The number of rotatable bonds is 12. The topological polar surface area (TPSA) is 40.8 Å². The molecule has 0 aliphatic carbocycles. The predicted molar refractivity (Wildman–Crippen MR) is 156 cm³/mol. The predicted octanol–water partition coefficient (Wildman–Crippen LogP) is 7.38. The maximum absolute atomic E-state index is 13.5. The lowest BCUT2D eigenvalue weighted by molar-refractivity contribution is -0.686. The summed E-state index contributed by atoms with van der Waals surface area (Å²) in [7, 11) is 5.03. The Hall–Kier alpha value is -4.06. The van der Waals surface area contributed by atoms with Crippen LogP contribution in [0.3, 0.4) is 0 Å². The van der Waals surface area contributed by atoms with E-state index in [4.69, 9.17) is 18.9 Å². The highest BCUT2D eigenvalue weighted by Crippen LogP contribution is 2.46. The van der Waals surface area contributed by atoms with Crippen LogP contribution >= 0.6 is 0 Å². The number of halogens is 1. The zero-order valence-corrected chi connectivity index (χ0v) is 23.6. The quantitative estimate of drug-likeness (QED) is 0.106. The standard InChI is InChI=1S/C34H37FNO4/c1-5-6-7-8-9-10-27-26-16-18-29(37-2)33(39-4)28(26)21-36-20-19-24-13-17-30(38-3)34(31(24)32(27)36)40-22-23-11-14-25(35)15-12-23/h5,11-18,21H,1,6-10,19-20,22H2,2-4H3/q+1. The molecule has 0 saturated carbocycles. The number of methoxy groups -OCH3 is 3. The van der Waals surface area contributed by atoms with Gasteiger partial charge in [0.2, 0.25) is 5.69 Å². The Balaban J connectivity index is 1.68. The molecule has 0 N–H and O–H groups in total. The second-order valence-electron chi connectivity index (χ2n) is 10.1. The van der Waals surface area contributed by atoms with Crippen molar-refractivity contribution >= 4 is 10.8 Å². The van der Waals surface area contributed by atoms with Crippen LogP contribution in [0.15, 0.2) is 67.4 Å². The number of aromatic nitrogens is 1. The first kappa shape index (κ1) is 27.5. The molecule has 40 heavy (non-hydrogen) atoms. The number of unbranched alkanes of at least 4 members (excludes halogenated alkanes) is 3. The van der Waals surface area contributed by atoms with Crippen LogP contribution < -0.4 is 23.5 Å². The molecule has 4 aromatic rings. The summed E-state index contributed by atoms with van der Waals surface area (Å²) in [6.45, 7) is 5.02. The molecule has 0 radical (unpaired) electrons. The fourth-order valence-electron chi connectivity index (χ4n) is 5.71. The minimum Gasteiger partial charge on any atom is -0.493 e. The molecule has 1 aliphatic rings. The van der Waals surface area contributed by atoms with Gasteiger partial charge in [-0.1, -0.05) is 30.7 Å². The number of allylic oxidation sites excluding steroid dienone is 1. The average molecular weight is 543 g/mol. The SMILES string of the molecule is C=CCCCCCc1c2[n+](cc3c(OC)c(OC)ccc13)CCc1ccc(OC)c(OCc3ccc(F)cc3)c1-2. The molecule has 3 aromatic carbocycles. The molecule has 0 bridgehead atoms. The van der Waals surface area contributed by atoms with E-state index < -0.39 is 0 Å². The number of fused-ring (bicyclic) bond motifs is 4. The van der Waals surface area contributed by atoms with Gasteiger partial charge in [0.05, 0.1) is 32.3 Å². The highest BCUT2D eigenvalue weighted by Gasteiger charge is 2.34. The normalized spacial score (nSPS) is 12.0. The van der Waals surface area contributed by atoms with E-state index >= 15 is 0 Å². The third kappa shape index (κ3) is 5.35. The molecular weight excluding hydrogens is 505 g/mol. The molecule has 208 valence electrons. The summed E-state index contributed by atoms with van der Waals surface area (Å²) in [6, 6.07) is 14.7. The monoisotopic (exact) mass is 542 g/mol. The Morgan fingerprint density at radius 1 is 0.850 bits per heavy atom. The molecule has 0 fully saturated rings. The fraction of sp³-hybridized carbons (Fsp3) is 0.324. The third-order valence-corrected chi connectivity index (χ3v) is 7.69. The van der Waals surface area contributed by atoms with E-state index in [1.165, 1.54) is 23.3 Å². The molecule has 0 spiro atoms. The first-order valence-electron chi connectivity index (χ1n) is 13.9. The van der Waals surface area contributed by atoms with Crippen molar-refractivity contribution in [3.63, 3.8) is 0 Å². The Morgan fingerprint density at radius 3 is 2.33 bits per heavy atom. The van der Waals surface area contributed by atoms with E-state index in [-0.39, 0.29) is 5.82 Å². The van der Waals surface area contributed by atoms with Gasteiger partial charge in [0.1, 0.15) is 12.4 Å². The van der Waals surface area contributed by atoms with Crippen LogP contribution in [0.25, 0.3) is 22.0 Å². The number of aryl methyl sites for hydroxylation is 3. The van der Waals surface area contributed by atoms with Crippen LogP contribution in [-0.4, -0.2) is 21.3 Å². The Labute approximate surface area is 235 Å². The number of benzene rings is 3. The summed E-state index contributed by atoms with van der Waals surface area (Å²) in [6.07, 6.45) is 10.3. The molecule has 2 heterocycles. The molecule has 0 atom stereocenters. The number of nitrogens with zero attached hydrogens (tertiary/aromatic N) is 1. The van der Waals surface area contributed by atoms with Crippen LogP contribution in [0.4, 0.5) is 4.39 Å². The van der Waals surface area contributed by atoms with Crippen molar-refractivity contribution in [3.05, 3.63) is 89.9 Å². The lowest BCUT2D eigenvalue weighted by atomic mass is 9.88. The van der Waals surface area contributed by atoms with Crippen molar-refractivity contribution in [1.82, 2.24) is 0 Å². The van der Waals surface area contributed by atoms with Gasteiger partial charge < -0.3 is 18.9 Å². The van der Waals surface area contributed by atoms with Crippen LogP contribution in [0.5, 0.6) is 23.0 Å². The third-order valence-electron chi connectivity index (χ3n) is 7.69. The number of ether oxygens (including phenoxy) is 4. The van der Waals surface area contributed by atoms with Gasteiger partial charge in [-0.3, -0.25) is 0 Å². The van der Waals surface area contributed by atoms with Crippen molar-refractivity contribution in [2.45, 2.75) is 51.7 Å². The first-order valence-corrected chi connectivity index (χ1v) is 13.9. The summed E-state index contributed by atoms with van der Waals surface area (Å²) < 4.78 is 39.7. The highest BCUT2D eigenvalue weighted by atomic mass is 19.1. The van der Waals surface area contributed by atoms with E-state index in [9.17, 15) is 4.39 Å². The van der Waals surface area contributed by atoms with Gasteiger partial charge in [0.25, 0.3) is 0 Å². The maximum Gasteiger partial charge on any atom is 0.220 e. The fourth-order valence-corrected chi connectivity index (χ4v) is 5.71. The number of pyridine rings is 1. The molecule has 0 saturated heterocycles. The summed E-state index contributed by atoms with van der Waals surface area (Å²) in [5, 5.41) is 2.18. The van der Waals surface area contributed by atoms with Crippen molar-refractivity contribution in [1.29, 1.82) is 0 Å². The molecule has 6 heteroatoms. The molecular formula is C34H37FNO4+. The van der Waals surface area contributed by atoms with Crippen LogP contribution in [0, 0.1) is 5.82 Å². The van der Waals surface area contributed by atoms with Crippen molar-refractivity contribution in [3.8, 4) is 34.3 Å². The molecule has 0 amide bonds. The Bertz CT molecular complexity index is 1510. The number of hydrogen-bond donors (Lipinski definition) is 0. The van der Waals surface area contributed by atoms with Crippen molar-refractivity contribution < 1.29 is 27.9 Å². The van der Waals surface area contributed by atoms with E-state index in [0.29, 0.717) is 23.9 Å². The van der Waals surface area contributed by atoms with E-state index in [1.807, 2.05) is 18.2 Å². The summed E-state index contributed by atoms with van der Waals surface area (Å²) in [5.41, 5.74) is 5.59. The minimum atomic E-state index is -0.264. The zero-order valence-electron chi connectivity index (χ0n) is 23.6.